The van der Waals surface area contributed by atoms with Crippen LogP contribution in [-0.4, -0.2) is 21.1 Å². The third-order valence-electron chi connectivity index (χ3n) is 4.09. The zero-order valence-corrected chi connectivity index (χ0v) is 13.1. The van der Waals surface area contributed by atoms with Crippen molar-refractivity contribution in [2.45, 2.75) is 77.4 Å². The minimum absolute atomic E-state index is 0.292. The Kier molecular flexibility index (Phi) is 4.49. The van der Waals surface area contributed by atoms with Gasteiger partial charge in [0.2, 0.25) is 0 Å². The van der Waals surface area contributed by atoms with Gasteiger partial charge < -0.3 is 4.57 Å². The second-order valence-electron chi connectivity index (χ2n) is 6.55. The first-order valence-electron chi connectivity index (χ1n) is 7.69. The zero-order chi connectivity index (χ0) is 14.8. The van der Waals surface area contributed by atoms with Crippen molar-refractivity contribution in [2.75, 3.05) is 0 Å². The topological polar surface area (TPSA) is 53.6 Å². The van der Waals surface area contributed by atoms with Gasteiger partial charge in [-0.05, 0) is 59.8 Å². The molecule has 0 saturated heterocycles. The van der Waals surface area contributed by atoms with Crippen molar-refractivity contribution in [3.05, 3.63) is 17.7 Å². The number of aryl methyl sites for hydroxylation is 1. The van der Waals surface area contributed by atoms with Crippen LogP contribution in [0.2, 0.25) is 0 Å². The lowest BCUT2D eigenvalue weighted by atomic mass is 9.93. The first kappa shape index (κ1) is 15.1. The molecule has 1 N–H and O–H groups in total. The van der Waals surface area contributed by atoms with E-state index in [1.807, 2.05) is 13.3 Å². The molecule has 0 aromatic carbocycles. The maximum absolute atomic E-state index is 9.48. The maximum atomic E-state index is 9.48. The number of hydrogen-bond donors (Lipinski definition) is 1. The molecule has 0 amide bonds. The van der Waals surface area contributed by atoms with E-state index in [2.05, 4.69) is 41.7 Å². The second-order valence-corrected chi connectivity index (χ2v) is 6.55. The Morgan fingerprint density at radius 3 is 2.75 bits per heavy atom. The van der Waals surface area contributed by atoms with Crippen LogP contribution in [0.1, 0.15) is 64.4 Å². The number of nitrogens with zero attached hydrogens (tertiary/aromatic N) is 3. The summed E-state index contributed by atoms with van der Waals surface area (Å²) in [6, 6.07) is 3.04. The quantitative estimate of drug-likeness (QED) is 0.898. The molecule has 0 spiro atoms. The lowest BCUT2D eigenvalue weighted by Crippen LogP contribution is -2.46. The average molecular weight is 274 g/mol. The number of nitriles is 1. The van der Waals surface area contributed by atoms with Gasteiger partial charge in [0, 0.05) is 17.8 Å². The molecule has 4 heteroatoms. The molecule has 0 bridgehead atoms. The minimum Gasteiger partial charge on any atom is -0.331 e. The van der Waals surface area contributed by atoms with Crippen molar-refractivity contribution in [1.82, 2.24) is 14.9 Å². The number of rotatable bonds is 5. The van der Waals surface area contributed by atoms with Gasteiger partial charge in [-0.1, -0.05) is 0 Å². The Bertz CT molecular complexity index is 497. The van der Waals surface area contributed by atoms with Crippen LogP contribution in [0, 0.1) is 11.3 Å². The largest absolute Gasteiger partial charge is 0.331 e. The smallest absolute Gasteiger partial charge is 0.106 e. The first-order valence-corrected chi connectivity index (χ1v) is 7.69. The molecule has 4 nitrogen and oxygen atoms in total. The van der Waals surface area contributed by atoms with E-state index in [1.165, 1.54) is 24.2 Å². The molecule has 0 aliphatic heterocycles. The summed E-state index contributed by atoms with van der Waals surface area (Å²) in [6.45, 7) is 8.35. The zero-order valence-electron chi connectivity index (χ0n) is 13.1. The molecule has 20 heavy (non-hydrogen) atoms. The number of imidazole rings is 1. The Morgan fingerprint density at radius 2 is 2.10 bits per heavy atom. The van der Waals surface area contributed by atoms with Gasteiger partial charge in [-0.3, -0.25) is 5.32 Å². The molecule has 1 aromatic heterocycles. The van der Waals surface area contributed by atoms with Gasteiger partial charge in [-0.25, -0.2) is 4.98 Å². The molecule has 0 radical (unpaired) electrons. The normalized spacial score (nSPS) is 19.2. The molecule has 1 aliphatic carbocycles. The molecule has 2 rings (SSSR count). The molecule has 2 unspecified atom stereocenters. The van der Waals surface area contributed by atoms with Gasteiger partial charge >= 0.3 is 0 Å². The predicted octanol–water partition coefficient (Wildman–Crippen LogP) is 2.99. The van der Waals surface area contributed by atoms with E-state index in [0.717, 1.165) is 19.3 Å². The van der Waals surface area contributed by atoms with Crippen LogP contribution in [-0.2, 0) is 12.8 Å². The summed E-state index contributed by atoms with van der Waals surface area (Å²) in [5.41, 5.74) is 2.16. The van der Waals surface area contributed by atoms with E-state index in [0.29, 0.717) is 12.1 Å². The van der Waals surface area contributed by atoms with Gasteiger partial charge in [0.05, 0.1) is 18.1 Å². The number of nitrogens with one attached hydrogen (secondary N) is 1. The van der Waals surface area contributed by atoms with E-state index in [4.69, 9.17) is 0 Å². The van der Waals surface area contributed by atoms with Gasteiger partial charge in [0.1, 0.15) is 5.54 Å². The standard InChI is InChI=1S/C16H26N4/c1-12(2)19-16(4,10-17)9-13(3)20-11-18-14-7-5-6-8-15(14)20/h11-13,19H,5-9H2,1-4H3. The monoisotopic (exact) mass is 274 g/mol. The van der Waals surface area contributed by atoms with Crippen molar-refractivity contribution >= 4 is 0 Å². The van der Waals surface area contributed by atoms with Crippen LogP contribution in [0.4, 0.5) is 0 Å². The predicted molar refractivity (Wildman–Crippen MR) is 80.5 cm³/mol. The van der Waals surface area contributed by atoms with Gasteiger partial charge in [0.15, 0.2) is 0 Å². The summed E-state index contributed by atoms with van der Waals surface area (Å²) in [7, 11) is 0. The van der Waals surface area contributed by atoms with Crippen LogP contribution in [0.3, 0.4) is 0 Å². The fourth-order valence-corrected chi connectivity index (χ4v) is 3.34. The summed E-state index contributed by atoms with van der Waals surface area (Å²) in [5.74, 6) is 0. The Hall–Kier alpha value is -1.34. The fourth-order valence-electron chi connectivity index (χ4n) is 3.34. The summed E-state index contributed by atoms with van der Waals surface area (Å²) in [5, 5.41) is 12.9. The SMILES string of the molecule is CC(C)NC(C)(C#N)CC(C)n1cnc2c1CCCC2. The lowest BCUT2D eigenvalue weighted by molar-refractivity contribution is 0.322. The summed E-state index contributed by atoms with van der Waals surface area (Å²) in [6.07, 6.45) is 7.50. The highest BCUT2D eigenvalue weighted by atomic mass is 15.1. The van der Waals surface area contributed by atoms with Crippen LogP contribution in [0.25, 0.3) is 0 Å². The highest BCUT2D eigenvalue weighted by molar-refractivity contribution is 5.18. The molecule has 2 atom stereocenters. The van der Waals surface area contributed by atoms with Crippen LogP contribution >= 0.6 is 0 Å². The van der Waals surface area contributed by atoms with E-state index < -0.39 is 5.54 Å². The Labute approximate surface area is 122 Å². The van der Waals surface area contributed by atoms with Gasteiger partial charge in [0.25, 0.3) is 0 Å². The van der Waals surface area contributed by atoms with Crippen LogP contribution in [0.5, 0.6) is 0 Å². The highest BCUT2D eigenvalue weighted by Gasteiger charge is 2.29. The molecule has 1 heterocycles. The highest BCUT2D eigenvalue weighted by Crippen LogP contribution is 2.27. The Morgan fingerprint density at radius 1 is 1.40 bits per heavy atom. The molecular weight excluding hydrogens is 248 g/mol. The Balaban J connectivity index is 2.13. The summed E-state index contributed by atoms with van der Waals surface area (Å²) < 4.78 is 2.28. The average Bonchev–Trinajstić information content (AvgIpc) is 2.81. The molecular formula is C16H26N4. The van der Waals surface area contributed by atoms with Gasteiger partial charge in [-0.15, -0.1) is 0 Å². The molecule has 1 aromatic rings. The van der Waals surface area contributed by atoms with Crippen LogP contribution < -0.4 is 5.32 Å². The van der Waals surface area contributed by atoms with Crippen molar-refractivity contribution < 1.29 is 0 Å². The third kappa shape index (κ3) is 3.21. The molecule has 0 fully saturated rings. The van der Waals surface area contributed by atoms with E-state index in [-0.39, 0.29) is 0 Å². The summed E-state index contributed by atoms with van der Waals surface area (Å²) >= 11 is 0. The van der Waals surface area contributed by atoms with Crippen molar-refractivity contribution in [3.63, 3.8) is 0 Å². The first-order chi connectivity index (χ1) is 9.45. The van der Waals surface area contributed by atoms with Crippen molar-refractivity contribution in [3.8, 4) is 6.07 Å². The van der Waals surface area contributed by atoms with Crippen molar-refractivity contribution in [2.24, 2.45) is 0 Å². The maximum Gasteiger partial charge on any atom is 0.106 e. The molecule has 110 valence electrons. The lowest BCUT2D eigenvalue weighted by Gasteiger charge is -2.30. The number of aromatic nitrogens is 2. The van der Waals surface area contributed by atoms with Crippen molar-refractivity contribution in [1.29, 1.82) is 5.26 Å². The second kappa shape index (κ2) is 5.97. The van der Waals surface area contributed by atoms with Gasteiger partial charge in [-0.2, -0.15) is 5.26 Å². The minimum atomic E-state index is -0.487. The van der Waals surface area contributed by atoms with E-state index in [1.54, 1.807) is 0 Å². The fraction of sp³-hybridized carbons (Fsp3) is 0.750. The summed E-state index contributed by atoms with van der Waals surface area (Å²) in [4.78, 5) is 4.55. The third-order valence-corrected chi connectivity index (χ3v) is 4.09. The van der Waals surface area contributed by atoms with E-state index in [9.17, 15) is 5.26 Å². The number of hydrogen-bond acceptors (Lipinski definition) is 3. The molecule has 1 aliphatic rings. The molecule has 0 saturated carbocycles. The number of fused-ring (bicyclic) bond motifs is 1. The van der Waals surface area contributed by atoms with E-state index >= 15 is 0 Å². The van der Waals surface area contributed by atoms with Crippen LogP contribution in [0.15, 0.2) is 6.33 Å².